The van der Waals surface area contributed by atoms with Crippen molar-refractivity contribution in [2.75, 3.05) is 13.1 Å². The maximum atomic E-state index is 6.04. The van der Waals surface area contributed by atoms with Gasteiger partial charge in [0.25, 0.3) is 0 Å². The fourth-order valence-corrected chi connectivity index (χ4v) is 4.48. The van der Waals surface area contributed by atoms with Gasteiger partial charge in [-0.25, -0.2) is 0 Å². The summed E-state index contributed by atoms with van der Waals surface area (Å²) in [6.07, 6.45) is 3.97. The molecule has 2 heterocycles. The predicted octanol–water partition coefficient (Wildman–Crippen LogP) is 4.02. The highest BCUT2D eigenvalue weighted by Crippen LogP contribution is 2.34. The van der Waals surface area contributed by atoms with Crippen LogP contribution in [-0.2, 0) is 0 Å². The largest absolute Gasteiger partial charge is 0.329 e. The molecule has 1 aliphatic rings. The van der Waals surface area contributed by atoms with E-state index in [0.717, 1.165) is 5.92 Å². The first-order valence-corrected chi connectivity index (χ1v) is 8.52. The Morgan fingerprint density at radius 1 is 1.56 bits per heavy atom. The zero-order valence-corrected chi connectivity index (χ0v) is 13.6. The van der Waals surface area contributed by atoms with Crippen LogP contribution in [0, 0.1) is 5.92 Å². The first kappa shape index (κ1) is 14.5. The third-order valence-corrected chi connectivity index (χ3v) is 5.94. The molecule has 2 rings (SSSR count). The van der Waals surface area contributed by atoms with Gasteiger partial charge < -0.3 is 5.73 Å². The Bertz CT molecular complexity index is 380. The van der Waals surface area contributed by atoms with E-state index in [4.69, 9.17) is 5.73 Å². The monoisotopic (exact) mass is 330 g/mol. The van der Waals surface area contributed by atoms with E-state index in [1.165, 1.54) is 35.2 Å². The molecule has 4 heteroatoms. The van der Waals surface area contributed by atoms with Crippen molar-refractivity contribution in [3.63, 3.8) is 0 Å². The summed E-state index contributed by atoms with van der Waals surface area (Å²) in [6.45, 7) is 6.57. The standard InChI is InChI=1S/C14H23BrN2S/c1-3-11-5-4-10(2)17(8-11)13(7-16)14-6-12(15)9-18-14/h6,9-11,13H,3-5,7-8,16H2,1-2H3. The molecule has 18 heavy (non-hydrogen) atoms. The van der Waals surface area contributed by atoms with Crippen LogP contribution in [0.25, 0.3) is 0 Å². The minimum absolute atomic E-state index is 0.394. The van der Waals surface area contributed by atoms with Crippen LogP contribution in [0.4, 0.5) is 0 Å². The number of likely N-dealkylation sites (tertiary alicyclic amines) is 1. The lowest BCUT2D eigenvalue weighted by Crippen LogP contribution is -2.45. The summed E-state index contributed by atoms with van der Waals surface area (Å²) >= 11 is 5.36. The summed E-state index contributed by atoms with van der Waals surface area (Å²) in [5.41, 5.74) is 6.04. The van der Waals surface area contributed by atoms with Crippen molar-refractivity contribution in [1.29, 1.82) is 0 Å². The van der Waals surface area contributed by atoms with E-state index in [0.29, 0.717) is 18.6 Å². The van der Waals surface area contributed by atoms with Crippen LogP contribution >= 0.6 is 27.3 Å². The van der Waals surface area contributed by atoms with Gasteiger partial charge in [-0.3, -0.25) is 4.90 Å². The maximum absolute atomic E-state index is 6.04. The SMILES string of the molecule is CCC1CCC(C)N(C(CN)c2cc(Br)cs2)C1. The Morgan fingerprint density at radius 2 is 2.33 bits per heavy atom. The normalized spacial score (nSPS) is 27.3. The van der Waals surface area contributed by atoms with Crippen molar-refractivity contribution in [1.82, 2.24) is 4.90 Å². The number of rotatable bonds is 4. The van der Waals surface area contributed by atoms with Crippen LogP contribution in [0.3, 0.4) is 0 Å². The summed E-state index contributed by atoms with van der Waals surface area (Å²) in [5.74, 6) is 0.846. The molecular weight excluding hydrogens is 308 g/mol. The molecule has 0 radical (unpaired) electrons. The highest BCUT2D eigenvalue weighted by atomic mass is 79.9. The first-order valence-electron chi connectivity index (χ1n) is 6.85. The average molecular weight is 331 g/mol. The van der Waals surface area contributed by atoms with E-state index in [1.807, 2.05) is 11.3 Å². The van der Waals surface area contributed by atoms with Crippen molar-refractivity contribution < 1.29 is 0 Å². The topological polar surface area (TPSA) is 29.3 Å². The number of hydrogen-bond donors (Lipinski definition) is 1. The lowest BCUT2D eigenvalue weighted by molar-refractivity contribution is 0.0743. The van der Waals surface area contributed by atoms with Gasteiger partial charge in [0.2, 0.25) is 0 Å². The fourth-order valence-electron chi connectivity index (χ4n) is 2.90. The Balaban J connectivity index is 2.15. The Labute approximate surface area is 123 Å². The molecule has 0 aromatic carbocycles. The van der Waals surface area contributed by atoms with Crippen LogP contribution in [0.1, 0.15) is 44.0 Å². The van der Waals surface area contributed by atoms with Gasteiger partial charge in [-0.2, -0.15) is 0 Å². The van der Waals surface area contributed by atoms with E-state index in [2.05, 4.69) is 46.1 Å². The van der Waals surface area contributed by atoms with Gasteiger partial charge in [-0.15, -0.1) is 11.3 Å². The van der Waals surface area contributed by atoms with Crippen LogP contribution in [-0.4, -0.2) is 24.0 Å². The fraction of sp³-hybridized carbons (Fsp3) is 0.714. The molecule has 2 nitrogen and oxygen atoms in total. The molecule has 102 valence electrons. The number of halogens is 1. The van der Waals surface area contributed by atoms with E-state index in [-0.39, 0.29) is 0 Å². The second-order valence-electron chi connectivity index (χ2n) is 5.32. The molecule has 1 fully saturated rings. The Kier molecular flexibility index (Phi) is 5.24. The predicted molar refractivity (Wildman–Crippen MR) is 83.0 cm³/mol. The molecule has 1 aliphatic heterocycles. The number of nitrogens with zero attached hydrogens (tertiary/aromatic N) is 1. The molecule has 3 unspecified atom stereocenters. The first-order chi connectivity index (χ1) is 8.65. The maximum Gasteiger partial charge on any atom is 0.0567 e. The minimum Gasteiger partial charge on any atom is -0.329 e. The third-order valence-electron chi connectivity index (χ3n) is 4.14. The number of piperidine rings is 1. The highest BCUT2D eigenvalue weighted by molar-refractivity contribution is 9.10. The number of nitrogens with two attached hydrogens (primary N) is 1. The summed E-state index contributed by atoms with van der Waals surface area (Å²) in [5, 5.41) is 2.16. The van der Waals surface area contributed by atoms with Gasteiger partial charge in [0.05, 0.1) is 6.04 Å². The molecule has 0 aliphatic carbocycles. The Morgan fingerprint density at radius 3 is 2.89 bits per heavy atom. The van der Waals surface area contributed by atoms with E-state index < -0.39 is 0 Å². The zero-order valence-electron chi connectivity index (χ0n) is 11.2. The van der Waals surface area contributed by atoms with Crippen molar-refractivity contribution >= 4 is 27.3 Å². The van der Waals surface area contributed by atoms with Gasteiger partial charge in [-0.05, 0) is 47.7 Å². The average Bonchev–Trinajstić information content (AvgIpc) is 2.79. The molecule has 2 N–H and O–H groups in total. The smallest absolute Gasteiger partial charge is 0.0567 e. The van der Waals surface area contributed by atoms with Gasteiger partial charge in [0, 0.05) is 33.9 Å². The molecule has 1 aromatic heterocycles. The van der Waals surface area contributed by atoms with E-state index >= 15 is 0 Å². The number of thiophene rings is 1. The lowest BCUT2D eigenvalue weighted by atomic mass is 9.90. The minimum atomic E-state index is 0.394. The summed E-state index contributed by atoms with van der Waals surface area (Å²) in [7, 11) is 0. The van der Waals surface area contributed by atoms with Gasteiger partial charge >= 0.3 is 0 Å². The molecule has 1 aromatic rings. The summed E-state index contributed by atoms with van der Waals surface area (Å²) in [6, 6.07) is 3.28. The molecule has 0 saturated carbocycles. The van der Waals surface area contributed by atoms with E-state index in [1.54, 1.807) is 0 Å². The quantitative estimate of drug-likeness (QED) is 0.903. The van der Waals surface area contributed by atoms with Crippen molar-refractivity contribution in [2.45, 2.75) is 45.2 Å². The molecular formula is C14H23BrN2S. The summed E-state index contributed by atoms with van der Waals surface area (Å²) < 4.78 is 1.18. The molecule has 1 saturated heterocycles. The molecule has 0 spiro atoms. The molecule has 0 amide bonds. The zero-order chi connectivity index (χ0) is 13.1. The third kappa shape index (κ3) is 3.16. The second kappa shape index (κ2) is 6.51. The van der Waals surface area contributed by atoms with Crippen molar-refractivity contribution in [2.24, 2.45) is 11.7 Å². The van der Waals surface area contributed by atoms with Crippen LogP contribution in [0.5, 0.6) is 0 Å². The van der Waals surface area contributed by atoms with Crippen LogP contribution in [0.2, 0.25) is 0 Å². The van der Waals surface area contributed by atoms with Gasteiger partial charge in [-0.1, -0.05) is 13.3 Å². The van der Waals surface area contributed by atoms with E-state index in [9.17, 15) is 0 Å². The van der Waals surface area contributed by atoms with Gasteiger partial charge in [0.15, 0.2) is 0 Å². The molecule has 3 atom stereocenters. The van der Waals surface area contributed by atoms with Crippen molar-refractivity contribution in [3.8, 4) is 0 Å². The second-order valence-corrected chi connectivity index (χ2v) is 7.17. The highest BCUT2D eigenvalue weighted by Gasteiger charge is 2.30. The lowest BCUT2D eigenvalue weighted by Gasteiger charge is -2.42. The van der Waals surface area contributed by atoms with Gasteiger partial charge in [0.1, 0.15) is 0 Å². The van der Waals surface area contributed by atoms with Crippen LogP contribution < -0.4 is 5.73 Å². The molecule has 0 bridgehead atoms. The number of hydrogen-bond acceptors (Lipinski definition) is 3. The Hall–Kier alpha value is 0.1000. The van der Waals surface area contributed by atoms with Crippen LogP contribution in [0.15, 0.2) is 15.9 Å². The summed E-state index contributed by atoms with van der Waals surface area (Å²) in [4.78, 5) is 4.02. The van der Waals surface area contributed by atoms with Crippen molar-refractivity contribution in [3.05, 3.63) is 20.8 Å².